The van der Waals surface area contributed by atoms with Crippen LogP contribution in [0.4, 0.5) is 0 Å². The number of hydrogen-bond acceptors (Lipinski definition) is 6. The first-order valence-electron chi connectivity index (χ1n) is 9.17. The Morgan fingerprint density at radius 3 is 2.52 bits per heavy atom. The normalized spacial score (nSPS) is 15.9. The second-order valence-electron chi connectivity index (χ2n) is 6.86. The van der Waals surface area contributed by atoms with Gasteiger partial charge in [0, 0.05) is 13.8 Å². The Bertz CT molecular complexity index is 1160. The molecule has 1 aliphatic heterocycles. The molecule has 0 aliphatic carbocycles. The van der Waals surface area contributed by atoms with Crippen LogP contribution in [0, 0.1) is 13.8 Å². The maximum atomic E-state index is 12.3. The summed E-state index contributed by atoms with van der Waals surface area (Å²) in [6, 6.07) is 13.0. The average Bonchev–Trinajstić information content (AvgIpc) is 3.24. The minimum atomic E-state index is -0.760. The van der Waals surface area contributed by atoms with Crippen LogP contribution in [-0.4, -0.2) is 22.8 Å². The summed E-state index contributed by atoms with van der Waals surface area (Å²) in [4.78, 5) is 23.9. The summed E-state index contributed by atoms with van der Waals surface area (Å²) in [5.41, 5.74) is 1.23. The van der Waals surface area contributed by atoms with Crippen LogP contribution >= 0.6 is 0 Å². The van der Waals surface area contributed by atoms with Crippen molar-refractivity contribution < 1.29 is 23.5 Å². The van der Waals surface area contributed by atoms with Crippen LogP contribution in [-0.2, 0) is 14.3 Å². The average molecular weight is 392 g/mol. The van der Waals surface area contributed by atoms with Gasteiger partial charge in [-0.25, -0.2) is 0 Å². The number of carbonyl (C=O) groups is 2. The first kappa shape index (κ1) is 18.7. The van der Waals surface area contributed by atoms with Crippen LogP contribution in [0.5, 0.6) is 5.75 Å². The van der Waals surface area contributed by atoms with E-state index in [2.05, 4.69) is 5.10 Å². The van der Waals surface area contributed by atoms with Crippen molar-refractivity contribution >= 4 is 28.5 Å². The number of benzene rings is 2. The van der Waals surface area contributed by atoms with Crippen molar-refractivity contribution in [1.29, 1.82) is 0 Å². The molecule has 1 aromatic heterocycles. The third kappa shape index (κ3) is 3.35. The van der Waals surface area contributed by atoms with Crippen molar-refractivity contribution in [2.24, 2.45) is 5.10 Å². The maximum Gasteiger partial charge on any atom is 0.308 e. The van der Waals surface area contributed by atoms with E-state index in [0.717, 1.165) is 10.8 Å². The van der Waals surface area contributed by atoms with Gasteiger partial charge in [0.25, 0.3) is 0 Å². The van der Waals surface area contributed by atoms with E-state index in [-0.39, 0.29) is 11.8 Å². The van der Waals surface area contributed by atoms with Gasteiger partial charge in [-0.3, -0.25) is 9.59 Å². The summed E-state index contributed by atoms with van der Waals surface area (Å²) in [7, 11) is 0. The molecule has 0 saturated carbocycles. The minimum Gasteiger partial charge on any atom is -0.466 e. The SMILES string of the molecule is CC(=O)Oc1ccc2ccccc2c1C1=NN(C(C)=O)[C@@H](c2cc(C)oc2C)O1. The highest BCUT2D eigenvalue weighted by molar-refractivity contribution is 6.10. The molecular formula is C22H20N2O5. The van der Waals surface area contributed by atoms with Gasteiger partial charge in [0.05, 0.1) is 11.1 Å². The number of fused-ring (bicyclic) bond motifs is 1. The van der Waals surface area contributed by atoms with Crippen molar-refractivity contribution in [2.75, 3.05) is 0 Å². The summed E-state index contributed by atoms with van der Waals surface area (Å²) in [6.07, 6.45) is -0.760. The van der Waals surface area contributed by atoms with Crippen molar-refractivity contribution in [3.8, 4) is 5.75 Å². The van der Waals surface area contributed by atoms with Crippen LogP contribution in [0.15, 0.2) is 52.0 Å². The van der Waals surface area contributed by atoms with Crippen LogP contribution in [0.2, 0.25) is 0 Å². The molecule has 0 fully saturated rings. The van der Waals surface area contributed by atoms with Gasteiger partial charge in [0.15, 0.2) is 0 Å². The molecule has 0 spiro atoms. The summed E-state index contributed by atoms with van der Waals surface area (Å²) in [5.74, 6) is 1.15. The fourth-order valence-corrected chi connectivity index (χ4v) is 3.48. The number of aryl methyl sites for hydroxylation is 2. The van der Waals surface area contributed by atoms with Gasteiger partial charge < -0.3 is 13.9 Å². The van der Waals surface area contributed by atoms with Crippen LogP contribution < -0.4 is 4.74 Å². The van der Waals surface area contributed by atoms with Gasteiger partial charge in [-0.2, -0.15) is 5.01 Å². The van der Waals surface area contributed by atoms with Crippen LogP contribution in [0.3, 0.4) is 0 Å². The van der Waals surface area contributed by atoms with E-state index < -0.39 is 12.2 Å². The highest BCUT2D eigenvalue weighted by Crippen LogP contribution is 2.37. The number of ether oxygens (including phenoxy) is 2. The fraction of sp³-hybridized carbons (Fsp3) is 0.227. The molecule has 29 heavy (non-hydrogen) atoms. The molecule has 148 valence electrons. The molecule has 0 N–H and O–H groups in total. The first-order chi connectivity index (χ1) is 13.8. The van der Waals surface area contributed by atoms with Gasteiger partial charge in [-0.1, -0.05) is 30.3 Å². The third-order valence-corrected chi connectivity index (χ3v) is 4.67. The largest absolute Gasteiger partial charge is 0.466 e. The Hall–Kier alpha value is -3.61. The third-order valence-electron chi connectivity index (χ3n) is 4.67. The van der Waals surface area contributed by atoms with Crippen molar-refractivity contribution in [3.63, 3.8) is 0 Å². The standard InChI is InChI=1S/C22H20N2O5/c1-12-11-18(13(2)27-12)22-24(14(3)25)23-21(29-22)20-17-8-6-5-7-16(17)9-10-19(20)28-15(4)26/h5-11,22H,1-4H3/t22-/m1/s1. The smallest absolute Gasteiger partial charge is 0.308 e. The zero-order valence-corrected chi connectivity index (χ0v) is 16.6. The predicted molar refractivity (Wildman–Crippen MR) is 106 cm³/mol. The summed E-state index contributed by atoms with van der Waals surface area (Å²) in [5, 5.41) is 7.43. The minimum absolute atomic E-state index is 0.205. The van der Waals surface area contributed by atoms with Crippen LogP contribution in [0.1, 0.15) is 42.7 Å². The molecule has 3 aromatic rings. The number of carbonyl (C=O) groups excluding carboxylic acids is 2. The summed E-state index contributed by atoms with van der Waals surface area (Å²) < 4.78 is 17.1. The second kappa shape index (κ2) is 7.09. The lowest BCUT2D eigenvalue weighted by Crippen LogP contribution is -2.25. The summed E-state index contributed by atoms with van der Waals surface area (Å²) >= 11 is 0. The second-order valence-corrected chi connectivity index (χ2v) is 6.86. The molecule has 7 heteroatoms. The van der Waals surface area contributed by atoms with Crippen molar-refractivity contribution in [3.05, 3.63) is 65.1 Å². The highest BCUT2D eigenvalue weighted by Gasteiger charge is 2.37. The topological polar surface area (TPSA) is 81.3 Å². The Morgan fingerprint density at radius 1 is 1.10 bits per heavy atom. The molecule has 2 aromatic carbocycles. The number of nitrogens with zero attached hydrogens (tertiary/aromatic N) is 2. The van der Waals surface area contributed by atoms with Gasteiger partial charge in [0.1, 0.15) is 17.3 Å². The Balaban J connectivity index is 1.87. The maximum absolute atomic E-state index is 12.3. The van der Waals surface area contributed by atoms with E-state index in [9.17, 15) is 9.59 Å². The molecule has 1 aliphatic rings. The van der Waals surface area contributed by atoms with Gasteiger partial charge in [-0.15, -0.1) is 5.10 Å². The monoisotopic (exact) mass is 392 g/mol. The van der Waals surface area contributed by atoms with E-state index in [1.165, 1.54) is 18.9 Å². The lowest BCUT2D eigenvalue weighted by atomic mass is 10.0. The van der Waals surface area contributed by atoms with E-state index in [1.807, 2.05) is 50.2 Å². The molecule has 1 atom stereocenters. The number of esters is 1. The van der Waals surface area contributed by atoms with Crippen molar-refractivity contribution in [2.45, 2.75) is 33.9 Å². The predicted octanol–water partition coefficient (Wildman–Crippen LogP) is 4.21. The number of hydrazone groups is 1. The fourth-order valence-electron chi connectivity index (χ4n) is 3.48. The first-order valence-corrected chi connectivity index (χ1v) is 9.17. The van der Waals surface area contributed by atoms with E-state index in [1.54, 1.807) is 6.07 Å². The van der Waals surface area contributed by atoms with E-state index in [0.29, 0.717) is 28.4 Å². The number of furan rings is 1. The molecule has 0 unspecified atom stereocenters. The molecule has 0 bridgehead atoms. The lowest BCUT2D eigenvalue weighted by molar-refractivity contribution is -0.135. The number of amides is 1. The Labute approximate surface area is 167 Å². The van der Waals surface area contributed by atoms with Crippen molar-refractivity contribution in [1.82, 2.24) is 5.01 Å². The molecular weight excluding hydrogens is 372 g/mol. The molecule has 1 amide bonds. The Morgan fingerprint density at radius 2 is 1.86 bits per heavy atom. The van der Waals surface area contributed by atoms with E-state index in [4.69, 9.17) is 13.9 Å². The Kier molecular flexibility index (Phi) is 4.58. The number of rotatable bonds is 3. The molecule has 4 rings (SSSR count). The summed E-state index contributed by atoms with van der Waals surface area (Å²) in [6.45, 7) is 6.39. The lowest BCUT2D eigenvalue weighted by Gasteiger charge is -2.18. The molecule has 7 nitrogen and oxygen atoms in total. The number of hydrogen-bond donors (Lipinski definition) is 0. The molecule has 0 radical (unpaired) electrons. The highest BCUT2D eigenvalue weighted by atomic mass is 16.5. The van der Waals surface area contributed by atoms with Gasteiger partial charge >= 0.3 is 5.97 Å². The van der Waals surface area contributed by atoms with Gasteiger partial charge in [-0.05, 0) is 36.8 Å². The van der Waals surface area contributed by atoms with Crippen LogP contribution in [0.25, 0.3) is 10.8 Å². The zero-order valence-electron chi connectivity index (χ0n) is 16.6. The zero-order chi connectivity index (χ0) is 20.7. The van der Waals surface area contributed by atoms with Gasteiger partial charge in [0.2, 0.25) is 18.0 Å². The quantitative estimate of drug-likeness (QED) is 0.493. The molecule has 2 heterocycles. The van der Waals surface area contributed by atoms with E-state index >= 15 is 0 Å². The molecule has 0 saturated heterocycles.